The maximum atomic E-state index is 13.0. The van der Waals surface area contributed by atoms with Gasteiger partial charge < -0.3 is 18.3 Å². The molecule has 8 aromatic heterocycles. The number of rotatable bonds is 7. The molecule has 82 heavy (non-hydrogen) atoms. The van der Waals surface area contributed by atoms with Gasteiger partial charge in [-0.05, 0) is 89.8 Å². The highest BCUT2D eigenvalue weighted by molar-refractivity contribution is 6.16. The molecule has 0 saturated heterocycles. The molecule has 16 aromatic rings. The van der Waals surface area contributed by atoms with Crippen molar-refractivity contribution in [2.24, 2.45) is 0 Å². The monoisotopic (exact) mass is 1050 g/mol. The van der Waals surface area contributed by atoms with Crippen molar-refractivity contribution in [1.82, 2.24) is 43.2 Å². The Hall–Kier alpha value is -11.0. The van der Waals surface area contributed by atoms with Crippen LogP contribution in [-0.2, 0) is 5.41 Å². The molecule has 10 nitrogen and oxygen atoms in total. The van der Waals surface area contributed by atoms with Crippen LogP contribution in [0.3, 0.4) is 0 Å². The van der Waals surface area contributed by atoms with Gasteiger partial charge in [0.05, 0.1) is 100 Å². The summed E-state index contributed by atoms with van der Waals surface area (Å²) in [5.74, 6) is 0.421. The minimum absolute atomic E-state index is 0.160. The molecule has 0 fully saturated rings. The maximum Gasteiger partial charge on any atom is 0.164 e. The molecule has 0 amide bonds. The molecular weight excluding hydrogens is 1000 g/mol. The van der Waals surface area contributed by atoms with Crippen LogP contribution >= 0.6 is 0 Å². The maximum absolute atomic E-state index is 13.0. The largest absolute Gasteiger partial charge is 0.306 e. The summed E-state index contributed by atoms with van der Waals surface area (Å²) in [7, 11) is 0. The third-order valence-electron chi connectivity index (χ3n) is 16.3. The van der Waals surface area contributed by atoms with Crippen LogP contribution in [0.5, 0.6) is 0 Å². The van der Waals surface area contributed by atoms with E-state index in [-0.39, 0.29) is 5.41 Å². The van der Waals surface area contributed by atoms with E-state index in [0.717, 1.165) is 122 Å². The molecular formula is C72H48N10. The van der Waals surface area contributed by atoms with Crippen LogP contribution in [0.25, 0.3) is 144 Å². The molecule has 8 aromatic carbocycles. The van der Waals surface area contributed by atoms with Crippen molar-refractivity contribution in [2.75, 3.05) is 0 Å². The first-order chi connectivity index (χ1) is 40.3. The molecule has 10 heteroatoms. The zero-order valence-electron chi connectivity index (χ0n) is 45.0. The van der Waals surface area contributed by atoms with Gasteiger partial charge in [0.15, 0.2) is 5.82 Å². The molecule has 386 valence electrons. The third-order valence-corrected chi connectivity index (χ3v) is 16.3. The van der Waals surface area contributed by atoms with E-state index in [1.54, 1.807) is 0 Å². The van der Waals surface area contributed by atoms with Crippen molar-refractivity contribution >= 4 is 87.6 Å². The molecule has 0 bridgehead atoms. The average Bonchev–Trinajstić information content (AvgIpc) is 2.53. The minimum atomic E-state index is -0.160. The van der Waals surface area contributed by atoms with Gasteiger partial charge in [-0.1, -0.05) is 160 Å². The fourth-order valence-electron chi connectivity index (χ4n) is 12.7. The summed E-state index contributed by atoms with van der Waals surface area (Å²) in [5, 5.41) is 18.0. The van der Waals surface area contributed by atoms with Crippen LogP contribution in [0.1, 0.15) is 31.9 Å². The Morgan fingerprint density at radius 3 is 1.22 bits per heavy atom. The first-order valence-corrected chi connectivity index (χ1v) is 27.6. The highest BCUT2D eigenvalue weighted by atomic mass is 15.1. The van der Waals surface area contributed by atoms with E-state index in [1.165, 1.54) is 5.56 Å². The lowest BCUT2D eigenvalue weighted by Crippen LogP contribution is -2.17. The van der Waals surface area contributed by atoms with E-state index < -0.39 is 0 Å². The Labute approximate surface area is 470 Å². The normalized spacial score (nSPS) is 12.1. The predicted molar refractivity (Wildman–Crippen MR) is 332 cm³/mol. The van der Waals surface area contributed by atoms with Gasteiger partial charge in [0.1, 0.15) is 11.6 Å². The van der Waals surface area contributed by atoms with Gasteiger partial charge in [-0.2, -0.15) is 5.26 Å². The van der Waals surface area contributed by atoms with Crippen molar-refractivity contribution in [3.63, 3.8) is 0 Å². The van der Waals surface area contributed by atoms with Crippen molar-refractivity contribution in [3.8, 4) is 62.7 Å². The number of benzene rings is 8. The van der Waals surface area contributed by atoms with Crippen LogP contribution in [0.4, 0.5) is 0 Å². The number of nitrogens with zero attached hydrogens (tertiary/aromatic N) is 10. The highest BCUT2D eigenvalue weighted by Gasteiger charge is 2.37. The molecule has 0 aliphatic heterocycles. The molecule has 8 heterocycles. The van der Waals surface area contributed by atoms with Gasteiger partial charge in [0.2, 0.25) is 0 Å². The standard InChI is InChI=1S/C72H48N10/c1-72(2,3)46-36-37-59-51(41-46)47-25-10-14-29-55(47)79(59)69-63(71-77-53(44-21-6-4-7-22-44)42-54(78-71)45-23-8-5-9-24-45)67(80-56-30-15-11-26-48(56)64-60(80)33-18-38-74-64)52(43-73)68(81-57-31-16-12-27-49(57)65-61(81)34-19-39-75-65)70(69)82-58-32-17-13-28-50(58)66-62(82)35-20-40-76-66/h4-42H,1-3H3. The van der Waals surface area contributed by atoms with Crippen LogP contribution in [0.2, 0.25) is 0 Å². The van der Waals surface area contributed by atoms with E-state index in [1.807, 2.05) is 73.2 Å². The zero-order valence-corrected chi connectivity index (χ0v) is 45.0. The molecule has 0 unspecified atom stereocenters. The van der Waals surface area contributed by atoms with Gasteiger partial charge >= 0.3 is 0 Å². The summed E-state index contributed by atoms with van der Waals surface area (Å²) in [6.07, 6.45) is 5.55. The number of para-hydroxylation sites is 4. The molecule has 0 N–H and O–H groups in total. The van der Waals surface area contributed by atoms with Crippen LogP contribution in [-0.4, -0.2) is 43.2 Å². The second kappa shape index (κ2) is 18.0. The molecule has 0 saturated carbocycles. The zero-order chi connectivity index (χ0) is 54.8. The van der Waals surface area contributed by atoms with Crippen molar-refractivity contribution in [3.05, 3.63) is 248 Å². The lowest BCUT2D eigenvalue weighted by atomic mass is 9.86. The Kier molecular flexibility index (Phi) is 10.3. The number of nitriles is 1. The Morgan fingerprint density at radius 1 is 0.354 bits per heavy atom. The summed E-state index contributed by atoms with van der Waals surface area (Å²) in [5.41, 5.74) is 17.5. The fraction of sp³-hybridized carbons (Fsp3) is 0.0556. The van der Waals surface area contributed by atoms with Gasteiger partial charge in [0, 0.05) is 56.6 Å². The Morgan fingerprint density at radius 2 is 0.744 bits per heavy atom. The smallest absolute Gasteiger partial charge is 0.164 e. The number of aromatic nitrogens is 9. The van der Waals surface area contributed by atoms with E-state index in [4.69, 9.17) is 24.9 Å². The number of pyridine rings is 3. The van der Waals surface area contributed by atoms with Crippen LogP contribution in [0, 0.1) is 11.3 Å². The van der Waals surface area contributed by atoms with Crippen LogP contribution in [0.15, 0.2) is 237 Å². The summed E-state index contributed by atoms with van der Waals surface area (Å²) in [4.78, 5) is 27.1. The summed E-state index contributed by atoms with van der Waals surface area (Å²) in [6.45, 7) is 6.80. The lowest BCUT2D eigenvalue weighted by molar-refractivity contribution is 0.591. The molecule has 16 rings (SSSR count). The molecule has 0 atom stereocenters. The van der Waals surface area contributed by atoms with E-state index in [2.05, 4.69) is 209 Å². The quantitative estimate of drug-likeness (QED) is 0.157. The van der Waals surface area contributed by atoms with E-state index in [9.17, 15) is 5.26 Å². The highest BCUT2D eigenvalue weighted by Crippen LogP contribution is 2.51. The lowest BCUT2D eigenvalue weighted by Gasteiger charge is -2.29. The van der Waals surface area contributed by atoms with Gasteiger partial charge in [0.25, 0.3) is 0 Å². The topological polar surface area (TPSA) is 108 Å². The summed E-state index contributed by atoms with van der Waals surface area (Å²) < 4.78 is 9.28. The van der Waals surface area contributed by atoms with Crippen molar-refractivity contribution in [1.29, 1.82) is 5.26 Å². The molecule has 0 spiro atoms. The number of fused-ring (bicyclic) bond motifs is 12. The minimum Gasteiger partial charge on any atom is -0.306 e. The first kappa shape index (κ1) is 47.0. The van der Waals surface area contributed by atoms with Crippen LogP contribution < -0.4 is 0 Å². The van der Waals surface area contributed by atoms with E-state index >= 15 is 0 Å². The summed E-state index contributed by atoms with van der Waals surface area (Å²) in [6, 6.07) is 78.8. The first-order valence-electron chi connectivity index (χ1n) is 27.6. The van der Waals surface area contributed by atoms with Crippen molar-refractivity contribution < 1.29 is 0 Å². The number of hydrogen-bond acceptors (Lipinski definition) is 6. The van der Waals surface area contributed by atoms with Crippen molar-refractivity contribution in [2.45, 2.75) is 26.2 Å². The predicted octanol–water partition coefficient (Wildman–Crippen LogP) is 17.2. The second-order valence-electron chi connectivity index (χ2n) is 22.0. The Bertz CT molecular complexity index is 5120. The molecule has 0 aliphatic carbocycles. The van der Waals surface area contributed by atoms with Gasteiger partial charge in [-0.15, -0.1) is 0 Å². The Balaban J connectivity index is 1.27. The van der Waals surface area contributed by atoms with E-state index in [0.29, 0.717) is 28.3 Å². The number of hydrogen-bond donors (Lipinski definition) is 0. The van der Waals surface area contributed by atoms with Gasteiger partial charge in [-0.25, -0.2) is 9.97 Å². The fourth-order valence-corrected chi connectivity index (χ4v) is 12.7. The molecule has 0 aliphatic rings. The SMILES string of the molecule is CC(C)(C)c1ccc2c(c1)c1ccccc1n2-c1c(-c2nc(-c3ccccc3)cc(-c3ccccc3)n2)c(-n2c3ccccc3c3ncccc32)c(C#N)c(-n2c3ccccc3c3ncccc32)c1-n1c2ccccc2c2ncccc21. The summed E-state index contributed by atoms with van der Waals surface area (Å²) >= 11 is 0. The second-order valence-corrected chi connectivity index (χ2v) is 22.0. The molecule has 0 radical (unpaired) electrons. The van der Waals surface area contributed by atoms with Gasteiger partial charge in [-0.3, -0.25) is 15.0 Å². The average molecular weight is 1050 g/mol. The third kappa shape index (κ3) is 6.90.